The van der Waals surface area contributed by atoms with E-state index in [-0.39, 0.29) is 22.7 Å². The summed E-state index contributed by atoms with van der Waals surface area (Å²) >= 11 is 0. The number of nitrogens with zero attached hydrogens (tertiary/aromatic N) is 5. The molecule has 0 bridgehead atoms. The summed E-state index contributed by atoms with van der Waals surface area (Å²) in [5.74, 6) is 0.566. The normalized spacial score (nSPS) is 13.4. The quantitative estimate of drug-likeness (QED) is 0.636. The van der Waals surface area contributed by atoms with E-state index in [0.717, 1.165) is 12.3 Å². The number of hydrogen-bond acceptors (Lipinski definition) is 5. The van der Waals surface area contributed by atoms with Gasteiger partial charge in [0, 0.05) is 25.2 Å². The molecular weight excluding hydrogens is 403 g/mol. The molecule has 0 spiro atoms. The van der Waals surface area contributed by atoms with E-state index in [1.807, 2.05) is 0 Å². The van der Waals surface area contributed by atoms with Crippen LogP contribution in [-0.4, -0.2) is 29.5 Å². The van der Waals surface area contributed by atoms with E-state index in [4.69, 9.17) is 0 Å². The first-order valence-corrected chi connectivity index (χ1v) is 10.0. The molecular formula is C19H18F3N5OS. The molecule has 3 aromatic heterocycles. The molecule has 0 fully saturated rings. The summed E-state index contributed by atoms with van der Waals surface area (Å²) in [6.07, 6.45) is -2.27. The predicted molar refractivity (Wildman–Crippen MR) is 102 cm³/mol. The first kappa shape index (κ1) is 20.9. The molecule has 0 aliphatic heterocycles. The maximum atomic E-state index is 13.0. The van der Waals surface area contributed by atoms with Crippen LogP contribution >= 0.6 is 0 Å². The van der Waals surface area contributed by atoms with Gasteiger partial charge in [0.1, 0.15) is 11.2 Å². The van der Waals surface area contributed by atoms with Gasteiger partial charge in [-0.2, -0.15) is 18.4 Å². The van der Waals surface area contributed by atoms with Crippen molar-refractivity contribution in [3.8, 4) is 17.6 Å². The summed E-state index contributed by atoms with van der Waals surface area (Å²) in [5, 5.41) is 9.38. The van der Waals surface area contributed by atoms with Crippen LogP contribution in [0.2, 0.25) is 0 Å². The molecule has 3 rings (SSSR count). The van der Waals surface area contributed by atoms with E-state index in [2.05, 4.69) is 21.0 Å². The zero-order chi connectivity index (χ0) is 21.6. The van der Waals surface area contributed by atoms with E-state index in [1.54, 1.807) is 33.9 Å². The summed E-state index contributed by atoms with van der Waals surface area (Å²) in [6.45, 7) is 5.19. The minimum absolute atomic E-state index is 0.0637. The molecule has 0 amide bonds. The van der Waals surface area contributed by atoms with Crippen LogP contribution in [0.25, 0.3) is 22.7 Å². The van der Waals surface area contributed by atoms with Gasteiger partial charge in [-0.15, -0.1) is 0 Å². The minimum Gasteiger partial charge on any atom is -0.310 e. The lowest BCUT2D eigenvalue weighted by Crippen LogP contribution is -2.16. The Morgan fingerprint density at radius 2 is 1.83 bits per heavy atom. The SMILES string of the molecule is CC[S@](=O)c1cc(C(C)(C)C#N)cnc1-c1nc2cc(C(F)(F)F)cnc2n1C. The third kappa shape index (κ3) is 3.74. The monoisotopic (exact) mass is 421 g/mol. The van der Waals surface area contributed by atoms with Crippen LogP contribution in [0, 0.1) is 11.3 Å². The van der Waals surface area contributed by atoms with Crippen LogP contribution < -0.4 is 0 Å². The Morgan fingerprint density at radius 1 is 1.17 bits per heavy atom. The zero-order valence-corrected chi connectivity index (χ0v) is 17.0. The molecule has 0 saturated carbocycles. The van der Waals surface area contributed by atoms with Crippen molar-refractivity contribution >= 4 is 22.0 Å². The van der Waals surface area contributed by atoms with Gasteiger partial charge in [-0.3, -0.25) is 9.19 Å². The lowest BCUT2D eigenvalue weighted by molar-refractivity contribution is -0.137. The Labute approximate surface area is 167 Å². The Hall–Kier alpha value is -2.80. The highest BCUT2D eigenvalue weighted by molar-refractivity contribution is 7.85. The van der Waals surface area contributed by atoms with Crippen LogP contribution in [0.3, 0.4) is 0 Å². The highest BCUT2D eigenvalue weighted by atomic mass is 32.2. The van der Waals surface area contributed by atoms with Gasteiger partial charge in [0.2, 0.25) is 0 Å². The summed E-state index contributed by atoms with van der Waals surface area (Å²) in [4.78, 5) is 12.9. The second-order valence-corrected chi connectivity index (χ2v) is 8.71. The van der Waals surface area contributed by atoms with Gasteiger partial charge < -0.3 is 4.57 Å². The average molecular weight is 421 g/mol. The molecule has 10 heteroatoms. The second kappa shape index (κ2) is 7.22. The number of rotatable bonds is 4. The highest BCUT2D eigenvalue weighted by Gasteiger charge is 2.32. The fourth-order valence-corrected chi connectivity index (χ4v) is 3.72. The van der Waals surface area contributed by atoms with Gasteiger partial charge in [0.15, 0.2) is 11.5 Å². The van der Waals surface area contributed by atoms with E-state index < -0.39 is 28.0 Å². The largest absolute Gasteiger partial charge is 0.417 e. The van der Waals surface area contributed by atoms with Crippen molar-refractivity contribution in [3.63, 3.8) is 0 Å². The predicted octanol–water partition coefficient (Wildman–Crippen LogP) is 3.98. The molecule has 6 nitrogen and oxygen atoms in total. The van der Waals surface area contributed by atoms with Gasteiger partial charge in [-0.25, -0.2) is 9.97 Å². The molecule has 0 unspecified atom stereocenters. The van der Waals surface area contributed by atoms with E-state index in [9.17, 15) is 22.6 Å². The van der Waals surface area contributed by atoms with Gasteiger partial charge in [-0.1, -0.05) is 6.92 Å². The third-order valence-corrected chi connectivity index (χ3v) is 5.94. The summed E-state index contributed by atoms with van der Waals surface area (Å²) < 4.78 is 53.2. The number of fused-ring (bicyclic) bond motifs is 1. The van der Waals surface area contributed by atoms with Gasteiger partial charge in [-0.05, 0) is 31.5 Å². The van der Waals surface area contributed by atoms with E-state index in [0.29, 0.717) is 16.2 Å². The molecule has 0 aliphatic rings. The van der Waals surface area contributed by atoms with Crippen molar-refractivity contribution < 1.29 is 17.4 Å². The third-order valence-electron chi connectivity index (χ3n) is 4.61. The molecule has 0 radical (unpaired) electrons. The van der Waals surface area contributed by atoms with E-state index in [1.165, 1.54) is 10.8 Å². The van der Waals surface area contributed by atoms with Crippen molar-refractivity contribution in [2.45, 2.75) is 37.3 Å². The summed E-state index contributed by atoms with van der Waals surface area (Å²) in [7, 11) is 0.186. The highest BCUT2D eigenvalue weighted by Crippen LogP contribution is 2.33. The molecule has 3 heterocycles. The molecule has 1 atom stereocenters. The Bertz CT molecular complexity index is 1160. The van der Waals surface area contributed by atoms with Gasteiger partial charge in [0.05, 0.1) is 32.7 Å². The molecule has 0 aliphatic carbocycles. The fraction of sp³-hybridized carbons (Fsp3) is 0.368. The van der Waals surface area contributed by atoms with Crippen LogP contribution in [-0.2, 0) is 29.4 Å². The van der Waals surface area contributed by atoms with Crippen molar-refractivity contribution in [2.24, 2.45) is 7.05 Å². The minimum atomic E-state index is -4.53. The summed E-state index contributed by atoms with van der Waals surface area (Å²) in [5.41, 5.74) is -0.536. The number of aromatic nitrogens is 4. The van der Waals surface area contributed by atoms with Crippen molar-refractivity contribution in [1.29, 1.82) is 5.26 Å². The van der Waals surface area contributed by atoms with Crippen LogP contribution in [0.4, 0.5) is 13.2 Å². The number of nitriles is 1. The summed E-state index contributed by atoms with van der Waals surface area (Å²) in [6, 6.07) is 4.76. The van der Waals surface area contributed by atoms with E-state index >= 15 is 0 Å². The smallest absolute Gasteiger partial charge is 0.310 e. The van der Waals surface area contributed by atoms with Crippen LogP contribution in [0.1, 0.15) is 31.9 Å². The number of alkyl halides is 3. The van der Waals surface area contributed by atoms with Gasteiger partial charge in [0.25, 0.3) is 0 Å². The number of pyridine rings is 2. The molecule has 0 N–H and O–H groups in total. The molecule has 3 aromatic rings. The molecule has 152 valence electrons. The number of hydrogen-bond donors (Lipinski definition) is 0. The lowest BCUT2D eigenvalue weighted by atomic mass is 9.87. The van der Waals surface area contributed by atoms with Crippen molar-refractivity contribution in [1.82, 2.24) is 19.5 Å². The lowest BCUT2D eigenvalue weighted by Gasteiger charge is -2.17. The average Bonchev–Trinajstić information content (AvgIpc) is 3.02. The first-order chi connectivity index (χ1) is 13.5. The Balaban J connectivity index is 2.24. The topological polar surface area (TPSA) is 84.5 Å². The second-order valence-electron chi connectivity index (χ2n) is 7.00. The Morgan fingerprint density at radius 3 is 2.41 bits per heavy atom. The van der Waals surface area contributed by atoms with Crippen molar-refractivity contribution in [3.05, 3.63) is 35.7 Å². The first-order valence-electron chi connectivity index (χ1n) is 8.69. The standard InChI is InChI=1S/C19H18F3N5OS/c1-5-29(28)14-7-11(18(2,3)10-23)8-24-15(14)17-26-13-6-12(19(20,21)22)9-25-16(13)27(17)4/h6-9H,5H2,1-4H3/t29-/m0/s1. The fourth-order valence-electron chi connectivity index (χ4n) is 2.79. The molecule has 0 aromatic carbocycles. The number of aryl methyl sites for hydroxylation is 1. The number of halogens is 3. The maximum absolute atomic E-state index is 13.0. The molecule has 29 heavy (non-hydrogen) atoms. The van der Waals surface area contributed by atoms with Crippen LogP contribution in [0.5, 0.6) is 0 Å². The van der Waals surface area contributed by atoms with Crippen molar-refractivity contribution in [2.75, 3.05) is 5.75 Å². The molecule has 0 saturated heterocycles. The van der Waals surface area contributed by atoms with Crippen LogP contribution in [0.15, 0.2) is 29.4 Å². The van der Waals surface area contributed by atoms with Gasteiger partial charge >= 0.3 is 6.18 Å². The Kier molecular flexibility index (Phi) is 5.21. The maximum Gasteiger partial charge on any atom is 0.417 e. The number of imidazole rings is 1. The zero-order valence-electron chi connectivity index (χ0n) is 16.2.